The molecule has 1 amide bonds. The van der Waals surface area contributed by atoms with Crippen LogP contribution in [-0.2, 0) is 0 Å². The Kier molecular flexibility index (Phi) is 5.20. The van der Waals surface area contributed by atoms with Crippen molar-refractivity contribution >= 4 is 39.3 Å². The van der Waals surface area contributed by atoms with E-state index in [0.29, 0.717) is 42.6 Å². The van der Waals surface area contributed by atoms with Crippen LogP contribution in [0.4, 0.5) is 5.82 Å². The van der Waals surface area contributed by atoms with Crippen LogP contribution >= 0.6 is 27.5 Å². The highest BCUT2D eigenvalue weighted by Gasteiger charge is 2.24. The van der Waals surface area contributed by atoms with Crippen molar-refractivity contribution in [1.29, 1.82) is 0 Å². The number of ether oxygens (including phenoxy) is 1. The molecule has 2 heterocycles. The Morgan fingerprint density at radius 3 is 2.71 bits per heavy atom. The molecule has 0 aliphatic carbocycles. The SMILES string of the molecule is COc1cncc(N2CCN(C(=O)c3cc(Cl)ccc3Br)CC2)n1. The zero-order valence-corrected chi connectivity index (χ0v) is 15.4. The standard InChI is InChI=1S/C16H16BrClN4O2/c1-24-15-10-19-9-14(20-15)21-4-6-22(7-5-21)16(23)12-8-11(18)2-3-13(12)17/h2-3,8-10H,4-7H2,1H3. The number of carbonyl (C=O) groups is 1. The number of methoxy groups -OCH3 is 1. The summed E-state index contributed by atoms with van der Waals surface area (Å²) in [5.41, 5.74) is 0.581. The second kappa shape index (κ2) is 7.36. The van der Waals surface area contributed by atoms with Crippen LogP contribution in [0.25, 0.3) is 0 Å². The minimum Gasteiger partial charge on any atom is -0.480 e. The molecule has 0 bridgehead atoms. The van der Waals surface area contributed by atoms with Crippen LogP contribution < -0.4 is 9.64 Å². The highest BCUT2D eigenvalue weighted by molar-refractivity contribution is 9.10. The van der Waals surface area contributed by atoms with Gasteiger partial charge in [0.1, 0.15) is 0 Å². The Labute approximate surface area is 153 Å². The maximum atomic E-state index is 12.7. The zero-order chi connectivity index (χ0) is 17.1. The zero-order valence-electron chi connectivity index (χ0n) is 13.1. The lowest BCUT2D eigenvalue weighted by atomic mass is 10.2. The number of aromatic nitrogens is 2. The van der Waals surface area contributed by atoms with Gasteiger partial charge in [0, 0.05) is 35.7 Å². The molecule has 6 nitrogen and oxygen atoms in total. The molecule has 1 saturated heterocycles. The van der Waals surface area contributed by atoms with Crippen molar-refractivity contribution in [2.24, 2.45) is 0 Å². The van der Waals surface area contributed by atoms with E-state index in [-0.39, 0.29) is 5.91 Å². The number of anilines is 1. The molecule has 24 heavy (non-hydrogen) atoms. The van der Waals surface area contributed by atoms with Gasteiger partial charge in [-0.05, 0) is 34.1 Å². The number of piperazine rings is 1. The van der Waals surface area contributed by atoms with Crippen LogP contribution in [0.15, 0.2) is 35.1 Å². The van der Waals surface area contributed by atoms with Gasteiger partial charge in [0.05, 0.1) is 25.1 Å². The molecule has 1 aromatic heterocycles. The van der Waals surface area contributed by atoms with Gasteiger partial charge in [-0.1, -0.05) is 11.6 Å². The number of hydrogen-bond acceptors (Lipinski definition) is 5. The molecule has 1 aliphatic heterocycles. The Hall–Kier alpha value is -1.86. The van der Waals surface area contributed by atoms with E-state index < -0.39 is 0 Å². The summed E-state index contributed by atoms with van der Waals surface area (Å²) in [6.45, 7) is 2.59. The number of rotatable bonds is 3. The summed E-state index contributed by atoms with van der Waals surface area (Å²) < 4.78 is 5.85. The first-order valence-corrected chi connectivity index (χ1v) is 8.61. The van der Waals surface area contributed by atoms with E-state index in [2.05, 4.69) is 30.8 Å². The summed E-state index contributed by atoms with van der Waals surface area (Å²) in [6.07, 6.45) is 3.27. The molecule has 8 heteroatoms. The monoisotopic (exact) mass is 410 g/mol. The topological polar surface area (TPSA) is 58.6 Å². The predicted octanol–water partition coefficient (Wildman–Crippen LogP) is 2.86. The van der Waals surface area contributed by atoms with E-state index >= 15 is 0 Å². The molecule has 0 saturated carbocycles. The largest absolute Gasteiger partial charge is 0.480 e. The van der Waals surface area contributed by atoms with Gasteiger partial charge in [0.25, 0.3) is 5.91 Å². The average Bonchev–Trinajstić information content (AvgIpc) is 2.63. The third kappa shape index (κ3) is 3.62. The summed E-state index contributed by atoms with van der Waals surface area (Å²) in [5.74, 6) is 1.21. The first-order chi connectivity index (χ1) is 11.6. The Balaban J connectivity index is 1.68. The van der Waals surface area contributed by atoms with E-state index in [9.17, 15) is 4.79 Å². The quantitative estimate of drug-likeness (QED) is 0.777. The van der Waals surface area contributed by atoms with Gasteiger partial charge in [-0.2, -0.15) is 4.98 Å². The molecule has 126 valence electrons. The van der Waals surface area contributed by atoms with Crippen LogP contribution in [0, 0.1) is 0 Å². The number of amides is 1. The van der Waals surface area contributed by atoms with E-state index in [1.165, 1.54) is 0 Å². The number of hydrogen-bond donors (Lipinski definition) is 0. The maximum absolute atomic E-state index is 12.7. The second-order valence-corrected chi connectivity index (χ2v) is 6.61. The first kappa shape index (κ1) is 17.0. The van der Waals surface area contributed by atoms with Crippen molar-refractivity contribution in [1.82, 2.24) is 14.9 Å². The lowest BCUT2D eigenvalue weighted by Gasteiger charge is -2.35. The van der Waals surface area contributed by atoms with Crippen LogP contribution in [0.1, 0.15) is 10.4 Å². The fourth-order valence-electron chi connectivity index (χ4n) is 2.56. The number of carbonyl (C=O) groups excluding carboxylic acids is 1. The number of nitrogens with zero attached hydrogens (tertiary/aromatic N) is 4. The highest BCUT2D eigenvalue weighted by atomic mass is 79.9. The summed E-state index contributed by atoms with van der Waals surface area (Å²) in [7, 11) is 1.56. The molecule has 3 rings (SSSR count). The fourth-order valence-corrected chi connectivity index (χ4v) is 3.15. The number of halogens is 2. The van der Waals surface area contributed by atoms with Crippen LogP contribution in [-0.4, -0.2) is 54.1 Å². The summed E-state index contributed by atoms with van der Waals surface area (Å²) in [5, 5.41) is 0.548. The van der Waals surface area contributed by atoms with Crippen molar-refractivity contribution in [2.75, 3.05) is 38.2 Å². The van der Waals surface area contributed by atoms with E-state index in [0.717, 1.165) is 10.3 Å². The van der Waals surface area contributed by atoms with E-state index in [1.54, 1.807) is 37.7 Å². The van der Waals surface area contributed by atoms with Crippen molar-refractivity contribution in [2.45, 2.75) is 0 Å². The molecule has 0 radical (unpaired) electrons. The molecule has 0 unspecified atom stereocenters. The molecule has 0 atom stereocenters. The van der Waals surface area contributed by atoms with Gasteiger partial charge in [-0.3, -0.25) is 9.78 Å². The summed E-state index contributed by atoms with van der Waals surface area (Å²) in [6, 6.07) is 5.23. The minimum absolute atomic E-state index is 0.0271. The van der Waals surface area contributed by atoms with Gasteiger partial charge in [-0.15, -0.1) is 0 Å². The van der Waals surface area contributed by atoms with Gasteiger partial charge in [0.2, 0.25) is 5.88 Å². The van der Waals surface area contributed by atoms with E-state index in [4.69, 9.17) is 16.3 Å². The molecule has 1 fully saturated rings. The Bertz CT molecular complexity index is 751. The molecule has 0 spiro atoms. The Morgan fingerprint density at radius 2 is 2.00 bits per heavy atom. The predicted molar refractivity (Wildman–Crippen MR) is 95.9 cm³/mol. The second-order valence-electron chi connectivity index (χ2n) is 5.32. The smallest absolute Gasteiger partial charge is 0.255 e. The van der Waals surface area contributed by atoms with Gasteiger partial charge in [-0.25, -0.2) is 0 Å². The minimum atomic E-state index is -0.0271. The van der Waals surface area contributed by atoms with Gasteiger partial charge < -0.3 is 14.5 Å². The van der Waals surface area contributed by atoms with Gasteiger partial charge >= 0.3 is 0 Å². The van der Waals surface area contributed by atoms with Gasteiger partial charge in [0.15, 0.2) is 5.82 Å². The maximum Gasteiger partial charge on any atom is 0.255 e. The van der Waals surface area contributed by atoms with Crippen molar-refractivity contribution < 1.29 is 9.53 Å². The lowest BCUT2D eigenvalue weighted by Crippen LogP contribution is -2.49. The van der Waals surface area contributed by atoms with Crippen molar-refractivity contribution in [3.8, 4) is 5.88 Å². The lowest BCUT2D eigenvalue weighted by molar-refractivity contribution is 0.0745. The van der Waals surface area contributed by atoms with Crippen LogP contribution in [0.2, 0.25) is 5.02 Å². The normalized spacial score (nSPS) is 14.6. The van der Waals surface area contributed by atoms with Crippen molar-refractivity contribution in [3.63, 3.8) is 0 Å². The van der Waals surface area contributed by atoms with Crippen LogP contribution in [0.5, 0.6) is 5.88 Å². The van der Waals surface area contributed by atoms with Crippen molar-refractivity contribution in [3.05, 3.63) is 45.7 Å². The third-order valence-electron chi connectivity index (χ3n) is 3.86. The highest BCUT2D eigenvalue weighted by Crippen LogP contribution is 2.24. The summed E-state index contributed by atoms with van der Waals surface area (Å²) >= 11 is 9.42. The number of benzene rings is 1. The molecular weight excluding hydrogens is 396 g/mol. The average molecular weight is 412 g/mol. The molecule has 2 aromatic rings. The van der Waals surface area contributed by atoms with E-state index in [1.807, 2.05) is 4.90 Å². The first-order valence-electron chi connectivity index (χ1n) is 7.44. The molecular formula is C16H16BrClN4O2. The summed E-state index contributed by atoms with van der Waals surface area (Å²) in [4.78, 5) is 25.1. The third-order valence-corrected chi connectivity index (χ3v) is 4.79. The fraction of sp³-hybridized carbons (Fsp3) is 0.312. The molecule has 0 N–H and O–H groups in total. The molecule has 1 aromatic carbocycles. The Morgan fingerprint density at radius 1 is 1.25 bits per heavy atom. The molecule has 1 aliphatic rings. The van der Waals surface area contributed by atoms with Crippen LogP contribution in [0.3, 0.4) is 0 Å².